The summed E-state index contributed by atoms with van der Waals surface area (Å²) in [5, 5.41) is 8.20. The van der Waals surface area contributed by atoms with Crippen molar-refractivity contribution in [3.8, 4) is 0 Å². The molecule has 2 heterocycles. The van der Waals surface area contributed by atoms with Crippen LogP contribution in [0.25, 0.3) is 10.9 Å². The standard InChI is InChI=1S/C16H19N5O/c1-10-12(11(2)21(3)20-10)8-9-17-16-18-14-7-5-4-6-13(14)15(22)19-16/h4-7H,8-9H2,1-3H3,(H2,17,18,19,22). The summed E-state index contributed by atoms with van der Waals surface area (Å²) >= 11 is 0. The molecule has 0 amide bonds. The van der Waals surface area contributed by atoms with E-state index in [2.05, 4.69) is 27.3 Å². The van der Waals surface area contributed by atoms with Crippen LogP contribution in [0.15, 0.2) is 29.1 Å². The van der Waals surface area contributed by atoms with E-state index in [1.54, 1.807) is 6.07 Å². The van der Waals surface area contributed by atoms with Crippen molar-refractivity contribution in [1.29, 1.82) is 0 Å². The summed E-state index contributed by atoms with van der Waals surface area (Å²) in [5.74, 6) is 0.503. The highest BCUT2D eigenvalue weighted by Gasteiger charge is 2.09. The Morgan fingerprint density at radius 3 is 2.77 bits per heavy atom. The first-order valence-electron chi connectivity index (χ1n) is 7.28. The number of para-hydroxylation sites is 1. The van der Waals surface area contributed by atoms with Crippen LogP contribution in [0, 0.1) is 13.8 Å². The smallest absolute Gasteiger partial charge is 0.260 e. The summed E-state index contributed by atoms with van der Waals surface area (Å²) in [6.07, 6.45) is 0.835. The van der Waals surface area contributed by atoms with Crippen LogP contribution in [0.3, 0.4) is 0 Å². The van der Waals surface area contributed by atoms with Gasteiger partial charge in [0.2, 0.25) is 5.95 Å². The molecule has 0 saturated heterocycles. The fraction of sp³-hybridized carbons (Fsp3) is 0.312. The third-order valence-corrected chi connectivity index (χ3v) is 3.94. The number of benzene rings is 1. The summed E-state index contributed by atoms with van der Waals surface area (Å²) in [4.78, 5) is 19.2. The SMILES string of the molecule is Cc1nn(C)c(C)c1CCNc1nc2ccccc2c(=O)[nH]1. The van der Waals surface area contributed by atoms with Crippen molar-refractivity contribution < 1.29 is 0 Å². The highest BCUT2D eigenvalue weighted by atomic mass is 16.1. The fourth-order valence-corrected chi connectivity index (χ4v) is 2.66. The molecular weight excluding hydrogens is 278 g/mol. The van der Waals surface area contributed by atoms with E-state index >= 15 is 0 Å². The van der Waals surface area contributed by atoms with Crippen molar-refractivity contribution in [2.45, 2.75) is 20.3 Å². The third-order valence-electron chi connectivity index (χ3n) is 3.94. The van der Waals surface area contributed by atoms with Gasteiger partial charge >= 0.3 is 0 Å². The first-order valence-corrected chi connectivity index (χ1v) is 7.28. The molecule has 6 heteroatoms. The molecule has 2 aromatic heterocycles. The number of nitrogens with zero attached hydrogens (tertiary/aromatic N) is 3. The van der Waals surface area contributed by atoms with Gasteiger partial charge in [-0.05, 0) is 38.0 Å². The number of rotatable bonds is 4. The molecule has 0 aliphatic carbocycles. The Kier molecular flexibility index (Phi) is 3.66. The molecule has 0 bridgehead atoms. The summed E-state index contributed by atoms with van der Waals surface area (Å²) in [6.45, 7) is 4.76. The van der Waals surface area contributed by atoms with Crippen LogP contribution in [0.1, 0.15) is 17.0 Å². The van der Waals surface area contributed by atoms with Crippen molar-refractivity contribution in [1.82, 2.24) is 19.7 Å². The normalized spacial score (nSPS) is 11.0. The second kappa shape index (κ2) is 5.63. The van der Waals surface area contributed by atoms with Crippen LogP contribution < -0.4 is 10.9 Å². The largest absolute Gasteiger partial charge is 0.355 e. The Bertz CT molecular complexity index is 878. The topological polar surface area (TPSA) is 75.6 Å². The van der Waals surface area contributed by atoms with E-state index < -0.39 is 0 Å². The van der Waals surface area contributed by atoms with Gasteiger partial charge in [0, 0.05) is 19.3 Å². The zero-order valence-corrected chi connectivity index (χ0v) is 13.0. The number of hydrogen-bond acceptors (Lipinski definition) is 4. The average molecular weight is 297 g/mol. The molecule has 6 nitrogen and oxygen atoms in total. The zero-order chi connectivity index (χ0) is 15.7. The molecule has 0 atom stereocenters. The second-order valence-electron chi connectivity index (χ2n) is 5.38. The lowest BCUT2D eigenvalue weighted by molar-refractivity contribution is 0.730. The number of aromatic nitrogens is 4. The van der Waals surface area contributed by atoms with E-state index in [0.717, 1.165) is 12.1 Å². The summed E-state index contributed by atoms with van der Waals surface area (Å²) in [7, 11) is 1.95. The maximum absolute atomic E-state index is 12.0. The van der Waals surface area contributed by atoms with Gasteiger partial charge in [-0.3, -0.25) is 14.5 Å². The first-order chi connectivity index (χ1) is 10.6. The molecule has 0 spiro atoms. The minimum atomic E-state index is -0.123. The Labute approximate surface area is 128 Å². The Morgan fingerprint density at radius 2 is 2.05 bits per heavy atom. The van der Waals surface area contributed by atoms with Gasteiger partial charge in [0.1, 0.15) is 0 Å². The van der Waals surface area contributed by atoms with E-state index in [1.807, 2.05) is 36.9 Å². The predicted molar refractivity (Wildman–Crippen MR) is 87.2 cm³/mol. The quantitative estimate of drug-likeness (QED) is 0.771. The predicted octanol–water partition coefficient (Wildman–Crippen LogP) is 1.93. The molecule has 0 saturated carbocycles. The van der Waals surface area contributed by atoms with Gasteiger partial charge in [0.05, 0.1) is 16.6 Å². The van der Waals surface area contributed by atoms with Gasteiger partial charge in [-0.2, -0.15) is 5.10 Å². The molecule has 22 heavy (non-hydrogen) atoms. The first kappa shape index (κ1) is 14.3. The molecule has 0 fully saturated rings. The number of aromatic amines is 1. The number of hydrogen-bond donors (Lipinski definition) is 2. The van der Waals surface area contributed by atoms with E-state index in [-0.39, 0.29) is 5.56 Å². The Morgan fingerprint density at radius 1 is 1.27 bits per heavy atom. The van der Waals surface area contributed by atoms with Crippen molar-refractivity contribution in [3.05, 3.63) is 51.6 Å². The van der Waals surface area contributed by atoms with Gasteiger partial charge < -0.3 is 5.32 Å². The summed E-state index contributed by atoms with van der Waals surface area (Å²) in [6, 6.07) is 7.32. The van der Waals surface area contributed by atoms with E-state index in [1.165, 1.54) is 11.3 Å². The van der Waals surface area contributed by atoms with E-state index in [0.29, 0.717) is 23.4 Å². The highest BCUT2D eigenvalue weighted by Crippen LogP contribution is 2.13. The number of nitrogens with one attached hydrogen (secondary N) is 2. The average Bonchev–Trinajstić information content (AvgIpc) is 2.73. The van der Waals surface area contributed by atoms with Crippen LogP contribution >= 0.6 is 0 Å². The van der Waals surface area contributed by atoms with Crippen LogP contribution in [0.4, 0.5) is 5.95 Å². The lowest BCUT2D eigenvalue weighted by Gasteiger charge is -2.07. The maximum Gasteiger partial charge on any atom is 0.260 e. The monoisotopic (exact) mass is 297 g/mol. The fourth-order valence-electron chi connectivity index (χ4n) is 2.66. The van der Waals surface area contributed by atoms with E-state index in [9.17, 15) is 4.79 Å². The van der Waals surface area contributed by atoms with Crippen molar-refractivity contribution >= 4 is 16.9 Å². The van der Waals surface area contributed by atoms with Gasteiger partial charge in [-0.15, -0.1) is 0 Å². The highest BCUT2D eigenvalue weighted by molar-refractivity contribution is 5.78. The minimum absolute atomic E-state index is 0.123. The van der Waals surface area contributed by atoms with Crippen LogP contribution in [0.5, 0.6) is 0 Å². The summed E-state index contributed by atoms with van der Waals surface area (Å²) < 4.78 is 1.89. The minimum Gasteiger partial charge on any atom is -0.355 e. The van der Waals surface area contributed by atoms with Gasteiger partial charge in [-0.25, -0.2) is 4.98 Å². The maximum atomic E-state index is 12.0. The third kappa shape index (κ3) is 2.59. The second-order valence-corrected chi connectivity index (χ2v) is 5.38. The van der Waals surface area contributed by atoms with Crippen molar-refractivity contribution in [3.63, 3.8) is 0 Å². The van der Waals surface area contributed by atoms with Crippen molar-refractivity contribution in [2.75, 3.05) is 11.9 Å². The van der Waals surface area contributed by atoms with Crippen LogP contribution in [-0.2, 0) is 13.5 Å². The lowest BCUT2D eigenvalue weighted by Crippen LogP contribution is -2.15. The molecule has 0 aliphatic rings. The van der Waals surface area contributed by atoms with Crippen LogP contribution in [0.2, 0.25) is 0 Å². The van der Waals surface area contributed by atoms with Gasteiger partial charge in [0.25, 0.3) is 5.56 Å². The molecule has 2 N–H and O–H groups in total. The zero-order valence-electron chi connectivity index (χ0n) is 13.0. The molecule has 0 aliphatic heterocycles. The Hall–Kier alpha value is -2.63. The number of fused-ring (bicyclic) bond motifs is 1. The molecule has 0 radical (unpaired) electrons. The number of anilines is 1. The molecule has 0 unspecified atom stereocenters. The van der Waals surface area contributed by atoms with Gasteiger partial charge in [-0.1, -0.05) is 12.1 Å². The molecular formula is C16H19N5O. The lowest BCUT2D eigenvalue weighted by atomic mass is 10.1. The number of aryl methyl sites for hydroxylation is 2. The summed E-state index contributed by atoms with van der Waals surface area (Å²) in [5.41, 5.74) is 4.02. The number of H-pyrrole nitrogens is 1. The molecule has 114 valence electrons. The van der Waals surface area contributed by atoms with Crippen LogP contribution in [-0.4, -0.2) is 26.3 Å². The van der Waals surface area contributed by atoms with Crippen molar-refractivity contribution in [2.24, 2.45) is 7.05 Å². The van der Waals surface area contributed by atoms with E-state index in [4.69, 9.17) is 0 Å². The molecule has 3 aromatic rings. The molecule has 3 rings (SSSR count). The molecule has 1 aromatic carbocycles. The van der Waals surface area contributed by atoms with Gasteiger partial charge in [0.15, 0.2) is 0 Å². The Balaban J connectivity index is 1.76.